The fourth-order valence-electron chi connectivity index (χ4n) is 0.782. The average Bonchev–Trinajstić information content (AvgIpc) is 1.93. The minimum atomic E-state index is -0.205. The van der Waals surface area contributed by atoms with Crippen LogP contribution in [0.1, 0.15) is 6.92 Å². The van der Waals surface area contributed by atoms with E-state index in [1.807, 2.05) is 0 Å². The Kier molecular flexibility index (Phi) is 2.20. The highest BCUT2D eigenvalue weighted by molar-refractivity contribution is 6.62. The Morgan fingerprint density at radius 1 is 1.82 bits per heavy atom. The van der Waals surface area contributed by atoms with Gasteiger partial charge in [-0.3, -0.25) is 4.79 Å². The maximum atomic E-state index is 10.5. The minimum absolute atomic E-state index is 0.109. The van der Waals surface area contributed by atoms with Gasteiger partial charge in [0.2, 0.25) is 5.91 Å². The normalized spacial score (nSPS) is 15.4. The van der Waals surface area contributed by atoms with E-state index < -0.39 is 0 Å². The van der Waals surface area contributed by atoms with Crippen LogP contribution in [-0.4, -0.2) is 18.0 Å². The Balaban J connectivity index is 2.43. The predicted molar refractivity (Wildman–Crippen MR) is 42.6 cm³/mol. The smallest absolute Gasteiger partial charge is 0.400 e. The first-order valence-electron chi connectivity index (χ1n) is 3.29. The molecule has 0 aliphatic carbocycles. The molecule has 0 unspecified atom stereocenters. The lowest BCUT2D eigenvalue weighted by atomic mass is 9.75. The van der Waals surface area contributed by atoms with Crippen molar-refractivity contribution in [2.75, 3.05) is 0 Å². The van der Waals surface area contributed by atoms with E-state index in [-0.39, 0.29) is 18.6 Å². The quantitative estimate of drug-likeness (QED) is 0.452. The van der Waals surface area contributed by atoms with Crippen molar-refractivity contribution in [1.29, 1.82) is 0 Å². The van der Waals surface area contributed by atoms with Crippen molar-refractivity contribution in [3.63, 3.8) is 0 Å². The number of allylic oxidation sites excluding steroid dienone is 1. The SMILES string of the molecule is CC(=O)NB1C=CC(O)=CN1. The van der Waals surface area contributed by atoms with Crippen molar-refractivity contribution in [1.82, 2.24) is 10.5 Å². The van der Waals surface area contributed by atoms with E-state index in [4.69, 9.17) is 5.11 Å². The number of carbonyl (C=O) groups excluding carboxylic acids is 1. The number of aliphatic hydroxyl groups is 1. The molecule has 1 rings (SSSR count). The van der Waals surface area contributed by atoms with Crippen molar-refractivity contribution in [3.05, 3.63) is 24.0 Å². The van der Waals surface area contributed by atoms with Crippen LogP contribution in [0.4, 0.5) is 0 Å². The first-order chi connectivity index (χ1) is 5.18. The minimum Gasteiger partial charge on any atom is -0.507 e. The number of carbonyl (C=O) groups is 1. The van der Waals surface area contributed by atoms with Crippen molar-refractivity contribution in [2.45, 2.75) is 6.92 Å². The Morgan fingerprint density at radius 3 is 3.00 bits per heavy atom. The molecule has 0 aromatic heterocycles. The molecule has 1 heterocycles. The number of aliphatic hydroxyl groups excluding tert-OH is 1. The third kappa shape index (κ3) is 2.37. The maximum absolute atomic E-state index is 10.5. The number of amides is 1. The molecule has 0 aromatic carbocycles. The monoisotopic (exact) mass is 152 g/mol. The van der Waals surface area contributed by atoms with E-state index in [1.54, 1.807) is 5.98 Å². The van der Waals surface area contributed by atoms with E-state index in [0.29, 0.717) is 0 Å². The molecule has 3 N–H and O–H groups in total. The van der Waals surface area contributed by atoms with E-state index >= 15 is 0 Å². The van der Waals surface area contributed by atoms with Gasteiger partial charge in [0, 0.05) is 13.1 Å². The van der Waals surface area contributed by atoms with Crippen molar-refractivity contribution < 1.29 is 9.90 Å². The average molecular weight is 152 g/mol. The lowest BCUT2D eigenvalue weighted by Crippen LogP contribution is -2.47. The van der Waals surface area contributed by atoms with Crippen molar-refractivity contribution >= 4 is 12.9 Å². The Hall–Kier alpha value is -1.39. The Morgan fingerprint density at radius 2 is 2.55 bits per heavy atom. The molecule has 5 heteroatoms. The lowest BCUT2D eigenvalue weighted by molar-refractivity contribution is -0.117. The first kappa shape index (κ1) is 7.72. The summed E-state index contributed by atoms with van der Waals surface area (Å²) < 4.78 is 0. The number of nitrogens with one attached hydrogen (secondary N) is 2. The summed E-state index contributed by atoms with van der Waals surface area (Å²) in [5.41, 5.74) is 0. The molecule has 0 fully saturated rings. The van der Waals surface area contributed by atoms with Gasteiger partial charge in [-0.2, -0.15) is 0 Å². The van der Waals surface area contributed by atoms with Crippen LogP contribution in [0.25, 0.3) is 0 Å². The van der Waals surface area contributed by atoms with Crippen LogP contribution in [0.3, 0.4) is 0 Å². The number of rotatable bonds is 1. The summed E-state index contributed by atoms with van der Waals surface area (Å²) in [6.07, 6.45) is 2.96. The van der Waals surface area contributed by atoms with Crippen LogP contribution >= 0.6 is 0 Å². The van der Waals surface area contributed by atoms with Gasteiger partial charge in [-0.25, -0.2) is 0 Å². The van der Waals surface area contributed by atoms with Gasteiger partial charge in [-0.05, 0) is 6.08 Å². The summed E-state index contributed by atoms with van der Waals surface area (Å²) in [4.78, 5) is 10.5. The zero-order chi connectivity index (χ0) is 8.27. The van der Waals surface area contributed by atoms with Crippen LogP contribution in [0.2, 0.25) is 0 Å². The molecule has 0 atom stereocenters. The lowest BCUT2D eigenvalue weighted by Gasteiger charge is -2.12. The molecule has 1 aliphatic heterocycles. The zero-order valence-corrected chi connectivity index (χ0v) is 6.16. The van der Waals surface area contributed by atoms with E-state index in [2.05, 4.69) is 10.5 Å². The second-order valence-corrected chi connectivity index (χ2v) is 2.27. The molecular formula is C6H9BN2O2. The van der Waals surface area contributed by atoms with Crippen LogP contribution in [0.15, 0.2) is 24.0 Å². The van der Waals surface area contributed by atoms with Gasteiger partial charge in [0.05, 0.1) is 0 Å². The van der Waals surface area contributed by atoms with Gasteiger partial charge < -0.3 is 15.6 Å². The largest absolute Gasteiger partial charge is 0.507 e. The van der Waals surface area contributed by atoms with Crippen LogP contribution in [0, 0.1) is 0 Å². The molecule has 0 bridgehead atoms. The fourth-order valence-corrected chi connectivity index (χ4v) is 0.782. The molecule has 0 spiro atoms. The summed E-state index contributed by atoms with van der Waals surface area (Å²) in [6.45, 7) is 1.23. The summed E-state index contributed by atoms with van der Waals surface area (Å²) in [5, 5.41) is 14.2. The number of hydrogen-bond donors (Lipinski definition) is 3. The highest BCUT2D eigenvalue weighted by Gasteiger charge is 2.13. The van der Waals surface area contributed by atoms with E-state index in [1.165, 1.54) is 19.2 Å². The highest BCUT2D eigenvalue weighted by atomic mass is 16.3. The highest BCUT2D eigenvalue weighted by Crippen LogP contribution is 1.94. The van der Waals surface area contributed by atoms with E-state index in [9.17, 15) is 4.79 Å². The molecule has 0 saturated carbocycles. The van der Waals surface area contributed by atoms with Crippen LogP contribution in [0.5, 0.6) is 0 Å². The van der Waals surface area contributed by atoms with Gasteiger partial charge in [0.15, 0.2) is 0 Å². The molecule has 0 aromatic rings. The number of hydrogen-bond acceptors (Lipinski definition) is 3. The summed E-state index contributed by atoms with van der Waals surface area (Å²) in [5.74, 6) is 1.71. The van der Waals surface area contributed by atoms with Gasteiger partial charge >= 0.3 is 6.98 Å². The van der Waals surface area contributed by atoms with Crippen molar-refractivity contribution in [2.24, 2.45) is 0 Å². The zero-order valence-electron chi connectivity index (χ0n) is 6.16. The third-order valence-electron chi connectivity index (χ3n) is 1.23. The summed E-state index contributed by atoms with van der Waals surface area (Å²) >= 11 is 0. The summed E-state index contributed by atoms with van der Waals surface area (Å²) in [7, 11) is 0. The maximum Gasteiger partial charge on any atom is 0.400 e. The molecule has 0 radical (unpaired) electrons. The molecule has 11 heavy (non-hydrogen) atoms. The molecule has 4 nitrogen and oxygen atoms in total. The molecule has 0 saturated heterocycles. The molecule has 1 aliphatic rings. The fraction of sp³-hybridized carbons (Fsp3) is 0.167. The molecular weight excluding hydrogens is 143 g/mol. The van der Waals surface area contributed by atoms with E-state index in [0.717, 1.165) is 0 Å². The Labute approximate surface area is 65.1 Å². The van der Waals surface area contributed by atoms with Gasteiger partial charge in [-0.1, -0.05) is 5.98 Å². The first-order valence-corrected chi connectivity index (χ1v) is 3.29. The van der Waals surface area contributed by atoms with Gasteiger partial charge in [-0.15, -0.1) is 0 Å². The second kappa shape index (κ2) is 3.14. The molecule has 1 amide bonds. The summed E-state index contributed by atoms with van der Waals surface area (Å²) in [6, 6.07) is 0. The molecule has 58 valence electrons. The Bertz CT molecular complexity index is 225. The predicted octanol–water partition coefficient (Wildman–Crippen LogP) is -0.291. The topological polar surface area (TPSA) is 61.4 Å². The second-order valence-electron chi connectivity index (χ2n) is 2.27. The third-order valence-corrected chi connectivity index (χ3v) is 1.23. The van der Waals surface area contributed by atoms with Crippen LogP contribution in [-0.2, 0) is 4.79 Å². The van der Waals surface area contributed by atoms with Gasteiger partial charge in [0.1, 0.15) is 5.76 Å². The van der Waals surface area contributed by atoms with Gasteiger partial charge in [0.25, 0.3) is 0 Å². The van der Waals surface area contributed by atoms with Crippen molar-refractivity contribution in [3.8, 4) is 0 Å². The van der Waals surface area contributed by atoms with Crippen LogP contribution < -0.4 is 10.5 Å². The standard InChI is InChI=1S/C6H9BN2O2/c1-5(10)9-7-3-2-6(11)4-8-7/h2-4,8,11H,1H3,(H,9,10).